The van der Waals surface area contributed by atoms with Crippen LogP contribution in [0.25, 0.3) is 0 Å². The highest BCUT2D eigenvalue weighted by Crippen LogP contribution is 2.10. The summed E-state index contributed by atoms with van der Waals surface area (Å²) < 4.78 is 0. The fraction of sp³-hybridized carbons (Fsp3) is 1.00. The number of hydrogen-bond acceptors (Lipinski definition) is 0. The fourth-order valence-electron chi connectivity index (χ4n) is 0.883. The first kappa shape index (κ1) is 9.82. The maximum absolute atomic E-state index is 6.10. The molecule has 0 saturated heterocycles. The van der Waals surface area contributed by atoms with Crippen LogP contribution in [-0.4, -0.2) is 13.2 Å². The predicted octanol–water partition coefficient (Wildman–Crippen LogP) is 3.43. The highest BCUT2D eigenvalue weighted by molar-refractivity contribution is 7.06. The van der Waals surface area contributed by atoms with Gasteiger partial charge in [0.2, 0.25) is 0 Å². The minimum absolute atomic E-state index is 0.748. The maximum Gasteiger partial charge on any atom is 0.399 e. The topological polar surface area (TPSA) is 0 Å². The predicted molar refractivity (Wildman–Crippen MR) is 46.4 cm³/mol. The van der Waals surface area contributed by atoms with Crippen molar-refractivity contribution in [2.75, 3.05) is 0 Å². The van der Waals surface area contributed by atoms with Gasteiger partial charge in [-0.3, -0.25) is 10.0 Å². The molecule has 0 rings (SSSR count). The molecule has 0 amide bonds. The van der Waals surface area contributed by atoms with E-state index in [-0.39, 0.29) is 0 Å². The zero-order valence-electron chi connectivity index (χ0n) is 6.49. The summed E-state index contributed by atoms with van der Waals surface area (Å²) in [7, 11) is 6.10. The molecule has 0 aromatic heterocycles. The van der Waals surface area contributed by atoms with E-state index in [4.69, 9.17) is 10.0 Å². The van der Waals surface area contributed by atoms with E-state index in [0.717, 1.165) is 0 Å². The first-order valence-corrected chi connectivity index (χ1v) is 7.33. The molecule has 0 nitrogen and oxygen atoms in total. The highest BCUT2D eigenvalue weighted by Gasteiger charge is 2.10. The minimum atomic E-state index is -0.748. The molecule has 0 heterocycles. The molecule has 0 N–H and O–H groups in total. The molecule has 0 saturated carbocycles. The highest BCUT2D eigenvalue weighted by atomic mass is 35.6. The molecule has 0 aromatic carbocycles. The lowest BCUT2D eigenvalue weighted by molar-refractivity contribution is 0.872. The van der Waals surface area contributed by atoms with Crippen LogP contribution in [0.3, 0.4) is 0 Å². The van der Waals surface area contributed by atoms with E-state index in [1.54, 1.807) is 0 Å². The van der Waals surface area contributed by atoms with Crippen molar-refractivity contribution in [1.82, 2.24) is 0 Å². The first-order chi connectivity index (χ1) is 4.31. The van der Waals surface area contributed by atoms with Crippen molar-refractivity contribution in [2.24, 2.45) is 0 Å². The van der Waals surface area contributed by atoms with Crippen molar-refractivity contribution in [2.45, 2.75) is 43.7 Å². The van der Waals surface area contributed by atoms with E-state index in [0.29, 0.717) is 0 Å². The Labute approximate surface area is 67.2 Å². The van der Waals surface area contributed by atoms with Crippen LogP contribution >= 0.6 is 10.0 Å². The molecule has 0 aromatic rings. The molecule has 0 atom stereocenters. The quantitative estimate of drug-likeness (QED) is 0.544. The zero-order valence-corrected chi connectivity index (χ0v) is 8.40. The number of hydrogen-bond donors (Lipinski definition) is 0. The molecular weight excluding hydrogens is 147 g/mol. The Hall–Kier alpha value is 0.822. The average Bonchev–Trinajstić information content (AvgIpc) is 1.85. The lowest BCUT2D eigenvalue weighted by Crippen LogP contribution is -2.00. The van der Waals surface area contributed by atoms with E-state index in [9.17, 15) is 0 Å². The summed E-state index contributed by atoms with van der Waals surface area (Å²) in [4.78, 5) is 0. The monoisotopic (exact) mass is 162 g/mol. The van der Waals surface area contributed by atoms with Gasteiger partial charge in [0, 0.05) is 0 Å². The van der Waals surface area contributed by atoms with Gasteiger partial charge in [0.1, 0.15) is 0 Å². The van der Waals surface area contributed by atoms with Gasteiger partial charge in [0.25, 0.3) is 0 Å². The van der Waals surface area contributed by atoms with Gasteiger partial charge in [-0.2, -0.15) is 0 Å². The van der Waals surface area contributed by atoms with Crippen LogP contribution in [0.5, 0.6) is 0 Å². The van der Waals surface area contributed by atoms with Gasteiger partial charge in [0.05, 0.1) is 0 Å². The second kappa shape index (κ2) is 6.94. The minimum Gasteiger partial charge on any atom is -0.261 e. The van der Waals surface area contributed by atoms with Gasteiger partial charge in [0.15, 0.2) is 0 Å². The van der Waals surface area contributed by atoms with Crippen LogP contribution in [0.4, 0.5) is 0 Å². The molecular formula is C7H16AlCl. The molecule has 0 aliphatic rings. The van der Waals surface area contributed by atoms with Crippen molar-refractivity contribution >= 4 is 23.3 Å². The Bertz CT molecular complexity index is 56.9. The van der Waals surface area contributed by atoms with Crippen molar-refractivity contribution in [3.8, 4) is 0 Å². The van der Waals surface area contributed by atoms with E-state index in [2.05, 4.69) is 13.8 Å². The standard InChI is InChI=1S/C4H9.C3H7.Al.ClH/c1-3-4-2;1-3-2;;/h1,3-4H2,2H3;1,3H2,2H3;;1H/q;;+1;/p-1. The Morgan fingerprint density at radius 3 is 2.22 bits per heavy atom. The zero-order chi connectivity index (χ0) is 7.11. The summed E-state index contributed by atoms with van der Waals surface area (Å²) in [5.41, 5.74) is 0. The van der Waals surface area contributed by atoms with Crippen molar-refractivity contribution in [3.63, 3.8) is 0 Å². The van der Waals surface area contributed by atoms with Crippen molar-refractivity contribution in [1.29, 1.82) is 0 Å². The van der Waals surface area contributed by atoms with Crippen molar-refractivity contribution < 1.29 is 0 Å². The third-order valence-electron chi connectivity index (χ3n) is 1.47. The summed E-state index contributed by atoms with van der Waals surface area (Å²) in [5.74, 6) is 0. The first-order valence-electron chi connectivity index (χ1n) is 3.95. The van der Waals surface area contributed by atoms with Crippen LogP contribution < -0.4 is 0 Å². The second-order valence-electron chi connectivity index (χ2n) is 2.53. The summed E-state index contributed by atoms with van der Waals surface area (Å²) in [6, 6.07) is 0. The van der Waals surface area contributed by atoms with Gasteiger partial charge >= 0.3 is 13.2 Å². The van der Waals surface area contributed by atoms with E-state index in [1.165, 1.54) is 29.8 Å². The van der Waals surface area contributed by atoms with Crippen molar-refractivity contribution in [3.05, 3.63) is 0 Å². The van der Waals surface area contributed by atoms with E-state index in [1.807, 2.05) is 0 Å². The van der Waals surface area contributed by atoms with Crippen LogP contribution in [0.2, 0.25) is 10.6 Å². The van der Waals surface area contributed by atoms with Gasteiger partial charge in [-0.1, -0.05) is 43.7 Å². The molecule has 0 radical (unpaired) electrons. The summed E-state index contributed by atoms with van der Waals surface area (Å²) in [6.45, 7) is 4.44. The third-order valence-corrected chi connectivity index (χ3v) is 5.02. The fourth-order valence-corrected chi connectivity index (χ4v) is 3.77. The molecule has 0 aliphatic carbocycles. The molecule has 0 fully saturated rings. The Balaban J connectivity index is 2.95. The van der Waals surface area contributed by atoms with Gasteiger partial charge in [-0.25, -0.2) is 0 Å². The Morgan fingerprint density at radius 1 is 1.11 bits per heavy atom. The van der Waals surface area contributed by atoms with E-state index < -0.39 is 13.2 Å². The number of halogens is 1. The van der Waals surface area contributed by atoms with Gasteiger partial charge in [-0.05, 0) is 0 Å². The van der Waals surface area contributed by atoms with Crippen LogP contribution in [-0.2, 0) is 0 Å². The van der Waals surface area contributed by atoms with Gasteiger partial charge in [-0.15, -0.1) is 0 Å². The van der Waals surface area contributed by atoms with Gasteiger partial charge < -0.3 is 0 Å². The SMILES string of the molecule is CCC[CH2][Al]([Cl])[CH2]CC. The summed E-state index contributed by atoms with van der Waals surface area (Å²) >= 11 is -0.748. The summed E-state index contributed by atoms with van der Waals surface area (Å²) in [6.07, 6.45) is 3.93. The summed E-state index contributed by atoms with van der Waals surface area (Å²) in [5, 5.41) is 2.66. The second-order valence-corrected chi connectivity index (χ2v) is 6.73. The Kier molecular flexibility index (Phi) is 7.57. The average molecular weight is 163 g/mol. The Morgan fingerprint density at radius 2 is 1.78 bits per heavy atom. The number of unbranched alkanes of at least 4 members (excludes halogenated alkanes) is 1. The van der Waals surface area contributed by atoms with Crippen LogP contribution in [0, 0.1) is 0 Å². The maximum atomic E-state index is 6.10. The largest absolute Gasteiger partial charge is 0.399 e. The molecule has 0 bridgehead atoms. The lowest BCUT2D eigenvalue weighted by Gasteiger charge is -1.98. The lowest BCUT2D eigenvalue weighted by atomic mass is 10.4. The molecule has 54 valence electrons. The van der Waals surface area contributed by atoms with Crippen LogP contribution in [0.1, 0.15) is 33.1 Å². The normalized spacial score (nSPS) is 9.67. The molecule has 0 unspecified atom stereocenters. The third kappa shape index (κ3) is 6.71. The molecule has 9 heavy (non-hydrogen) atoms. The smallest absolute Gasteiger partial charge is 0.261 e. The molecule has 0 aliphatic heterocycles. The van der Waals surface area contributed by atoms with Crippen LogP contribution in [0.15, 0.2) is 0 Å². The molecule has 0 spiro atoms. The van der Waals surface area contributed by atoms with E-state index >= 15 is 0 Å². The number of rotatable bonds is 5. The molecule has 2 heteroatoms.